The van der Waals surface area contributed by atoms with Crippen LogP contribution in [0.25, 0.3) is 0 Å². The molecule has 4 heteroatoms. The van der Waals surface area contributed by atoms with E-state index < -0.39 is 0 Å². The molecule has 0 radical (unpaired) electrons. The third kappa shape index (κ3) is 4.84. The van der Waals surface area contributed by atoms with Crippen LogP contribution in [0.3, 0.4) is 0 Å². The zero-order valence-electron chi connectivity index (χ0n) is 11.1. The summed E-state index contributed by atoms with van der Waals surface area (Å²) >= 11 is 0. The van der Waals surface area contributed by atoms with E-state index in [4.69, 9.17) is 5.11 Å². The van der Waals surface area contributed by atoms with Crippen molar-refractivity contribution in [3.63, 3.8) is 0 Å². The van der Waals surface area contributed by atoms with Crippen LogP contribution in [0.2, 0.25) is 0 Å². The summed E-state index contributed by atoms with van der Waals surface area (Å²) < 4.78 is 0. The van der Waals surface area contributed by atoms with Gasteiger partial charge < -0.3 is 10.4 Å². The Morgan fingerprint density at radius 3 is 2.83 bits per heavy atom. The third-order valence-electron chi connectivity index (χ3n) is 2.92. The molecule has 0 aliphatic carbocycles. The van der Waals surface area contributed by atoms with E-state index in [0.29, 0.717) is 18.0 Å². The van der Waals surface area contributed by atoms with E-state index in [1.54, 1.807) is 12.4 Å². The molecular formula is C14H22N2O2. The van der Waals surface area contributed by atoms with E-state index in [0.717, 1.165) is 24.8 Å². The first-order valence-corrected chi connectivity index (χ1v) is 6.48. The Morgan fingerprint density at radius 2 is 2.22 bits per heavy atom. The van der Waals surface area contributed by atoms with E-state index in [1.807, 2.05) is 13.0 Å². The summed E-state index contributed by atoms with van der Waals surface area (Å²) in [5.41, 5.74) is 1.57. The molecule has 4 nitrogen and oxygen atoms in total. The molecule has 1 unspecified atom stereocenters. The Morgan fingerprint density at radius 1 is 1.44 bits per heavy atom. The number of nitrogens with zero attached hydrogens (tertiary/aromatic N) is 1. The number of aryl methyl sites for hydroxylation is 1. The first kappa shape index (κ1) is 14.6. The number of aromatic nitrogens is 1. The van der Waals surface area contributed by atoms with Crippen molar-refractivity contribution in [2.24, 2.45) is 5.92 Å². The highest BCUT2D eigenvalue weighted by Crippen LogP contribution is 2.10. The molecular weight excluding hydrogens is 228 g/mol. The largest absolute Gasteiger partial charge is 0.396 e. The molecule has 1 aromatic rings. The molecule has 1 rings (SSSR count). The average Bonchev–Trinajstić information content (AvgIpc) is 2.36. The van der Waals surface area contributed by atoms with Crippen molar-refractivity contribution in [2.75, 3.05) is 13.2 Å². The lowest BCUT2D eigenvalue weighted by Crippen LogP contribution is -2.29. The van der Waals surface area contributed by atoms with Crippen LogP contribution in [-0.2, 0) is 0 Å². The number of amides is 1. The van der Waals surface area contributed by atoms with Crippen LogP contribution in [0.1, 0.15) is 42.1 Å². The fraction of sp³-hybridized carbons (Fsp3) is 0.571. The van der Waals surface area contributed by atoms with E-state index >= 15 is 0 Å². The molecule has 1 aromatic heterocycles. The highest BCUT2D eigenvalue weighted by Gasteiger charge is 2.11. The summed E-state index contributed by atoms with van der Waals surface area (Å²) in [5, 5.41) is 11.9. The van der Waals surface area contributed by atoms with Gasteiger partial charge in [-0.2, -0.15) is 0 Å². The van der Waals surface area contributed by atoms with Crippen LogP contribution in [0, 0.1) is 12.8 Å². The smallest absolute Gasteiger partial charge is 0.252 e. The summed E-state index contributed by atoms with van der Waals surface area (Å²) in [6.07, 6.45) is 6.12. The van der Waals surface area contributed by atoms with Gasteiger partial charge in [-0.15, -0.1) is 0 Å². The van der Waals surface area contributed by atoms with Gasteiger partial charge in [0.2, 0.25) is 0 Å². The Bertz CT molecular complexity index is 374. The molecule has 100 valence electrons. The molecule has 0 aliphatic rings. The molecule has 0 spiro atoms. The second-order valence-corrected chi connectivity index (χ2v) is 4.63. The molecule has 0 saturated heterocycles. The van der Waals surface area contributed by atoms with Crippen LogP contribution in [0.4, 0.5) is 0 Å². The molecule has 18 heavy (non-hydrogen) atoms. The van der Waals surface area contributed by atoms with Crippen molar-refractivity contribution < 1.29 is 9.90 Å². The molecule has 2 N–H and O–H groups in total. The van der Waals surface area contributed by atoms with Crippen molar-refractivity contribution in [1.82, 2.24) is 10.3 Å². The molecule has 0 saturated carbocycles. The molecule has 0 bridgehead atoms. The maximum Gasteiger partial charge on any atom is 0.252 e. The number of hydrogen-bond donors (Lipinski definition) is 2. The van der Waals surface area contributed by atoms with Gasteiger partial charge in [0, 0.05) is 25.5 Å². The van der Waals surface area contributed by atoms with Crippen molar-refractivity contribution in [3.8, 4) is 0 Å². The highest BCUT2D eigenvalue weighted by atomic mass is 16.3. The topological polar surface area (TPSA) is 62.2 Å². The highest BCUT2D eigenvalue weighted by molar-refractivity contribution is 5.93. The molecule has 0 fully saturated rings. The van der Waals surface area contributed by atoms with Crippen LogP contribution >= 0.6 is 0 Å². The summed E-state index contributed by atoms with van der Waals surface area (Å²) in [5.74, 6) is 0.256. The molecule has 0 aromatic carbocycles. The number of carbonyl (C=O) groups is 1. The first-order chi connectivity index (χ1) is 8.67. The van der Waals surface area contributed by atoms with E-state index in [1.165, 1.54) is 0 Å². The normalized spacial score (nSPS) is 12.2. The van der Waals surface area contributed by atoms with E-state index in [2.05, 4.69) is 17.2 Å². The van der Waals surface area contributed by atoms with E-state index in [-0.39, 0.29) is 12.5 Å². The standard InChI is InChI=1S/C14H22N2O2/c1-3-4-12(5-6-17)9-16-14(18)13-7-11(2)8-15-10-13/h7-8,10,12,17H,3-6,9H2,1-2H3,(H,16,18). The van der Waals surface area contributed by atoms with Gasteiger partial charge in [0.25, 0.3) is 5.91 Å². The van der Waals surface area contributed by atoms with Crippen molar-refractivity contribution in [3.05, 3.63) is 29.6 Å². The molecule has 1 atom stereocenters. The number of aliphatic hydroxyl groups excluding tert-OH is 1. The quantitative estimate of drug-likeness (QED) is 0.777. The number of carbonyl (C=O) groups excluding carboxylic acids is 1. The number of aliphatic hydroxyl groups is 1. The van der Waals surface area contributed by atoms with E-state index in [9.17, 15) is 4.79 Å². The van der Waals surface area contributed by atoms with Gasteiger partial charge >= 0.3 is 0 Å². The SMILES string of the molecule is CCCC(CCO)CNC(=O)c1cncc(C)c1. The summed E-state index contributed by atoms with van der Waals surface area (Å²) in [7, 11) is 0. The Kier molecular flexibility index (Phi) is 6.36. The zero-order chi connectivity index (χ0) is 13.4. The lowest BCUT2D eigenvalue weighted by Gasteiger charge is -2.15. The van der Waals surface area contributed by atoms with Gasteiger partial charge in [0.15, 0.2) is 0 Å². The minimum absolute atomic E-state index is 0.0924. The lowest BCUT2D eigenvalue weighted by molar-refractivity contribution is 0.0942. The minimum Gasteiger partial charge on any atom is -0.396 e. The van der Waals surface area contributed by atoms with Crippen molar-refractivity contribution in [1.29, 1.82) is 0 Å². The number of pyridine rings is 1. The molecule has 1 heterocycles. The lowest BCUT2D eigenvalue weighted by atomic mass is 10.00. The van der Waals surface area contributed by atoms with Crippen LogP contribution in [0.15, 0.2) is 18.5 Å². The van der Waals surface area contributed by atoms with Crippen molar-refractivity contribution >= 4 is 5.91 Å². The van der Waals surface area contributed by atoms with Gasteiger partial charge in [-0.05, 0) is 37.3 Å². The number of hydrogen-bond acceptors (Lipinski definition) is 3. The second-order valence-electron chi connectivity index (χ2n) is 4.63. The fourth-order valence-corrected chi connectivity index (χ4v) is 1.96. The minimum atomic E-state index is -0.0924. The Hall–Kier alpha value is -1.42. The van der Waals surface area contributed by atoms with Crippen LogP contribution in [0.5, 0.6) is 0 Å². The predicted octanol–water partition coefficient (Wildman–Crippen LogP) is 1.92. The second kappa shape index (κ2) is 7.82. The third-order valence-corrected chi connectivity index (χ3v) is 2.92. The average molecular weight is 250 g/mol. The number of nitrogens with one attached hydrogen (secondary N) is 1. The van der Waals surface area contributed by atoms with Gasteiger partial charge in [0.1, 0.15) is 0 Å². The molecule has 0 aliphatic heterocycles. The summed E-state index contributed by atoms with van der Waals surface area (Å²) in [6, 6.07) is 1.82. The number of rotatable bonds is 7. The van der Waals surface area contributed by atoms with Gasteiger partial charge in [-0.1, -0.05) is 13.3 Å². The monoisotopic (exact) mass is 250 g/mol. The van der Waals surface area contributed by atoms with Crippen molar-refractivity contribution in [2.45, 2.75) is 33.1 Å². The van der Waals surface area contributed by atoms with Gasteiger partial charge in [-0.25, -0.2) is 0 Å². The van der Waals surface area contributed by atoms with Crippen LogP contribution < -0.4 is 5.32 Å². The summed E-state index contributed by atoms with van der Waals surface area (Å²) in [4.78, 5) is 15.9. The Balaban J connectivity index is 2.49. The van der Waals surface area contributed by atoms with Gasteiger partial charge in [0.05, 0.1) is 5.56 Å². The maximum atomic E-state index is 11.9. The van der Waals surface area contributed by atoms with Gasteiger partial charge in [-0.3, -0.25) is 9.78 Å². The Labute approximate surface area is 108 Å². The molecule has 1 amide bonds. The first-order valence-electron chi connectivity index (χ1n) is 6.48. The maximum absolute atomic E-state index is 11.9. The van der Waals surface area contributed by atoms with Crippen LogP contribution in [-0.4, -0.2) is 29.1 Å². The summed E-state index contributed by atoms with van der Waals surface area (Å²) in [6.45, 7) is 4.81. The fourth-order valence-electron chi connectivity index (χ4n) is 1.96. The predicted molar refractivity (Wildman–Crippen MR) is 71.4 cm³/mol. The zero-order valence-corrected chi connectivity index (χ0v) is 11.1.